The predicted octanol–water partition coefficient (Wildman–Crippen LogP) is 3.23. The van der Waals surface area contributed by atoms with E-state index >= 15 is 0 Å². The average molecular weight is 470 g/mol. The number of aromatic amines is 1. The van der Waals surface area contributed by atoms with Crippen molar-refractivity contribution in [1.29, 1.82) is 0 Å². The first kappa shape index (κ1) is 22.0. The number of hydrogen-bond acceptors (Lipinski definition) is 6. The first-order chi connectivity index (χ1) is 16.9. The molecule has 1 atom stereocenters. The molecule has 1 saturated heterocycles. The van der Waals surface area contributed by atoms with Crippen LogP contribution in [0.2, 0.25) is 0 Å². The number of aryl methyl sites for hydroxylation is 2. The van der Waals surface area contributed by atoms with E-state index in [2.05, 4.69) is 64.1 Å². The van der Waals surface area contributed by atoms with Crippen LogP contribution < -0.4 is 16.2 Å². The van der Waals surface area contributed by atoms with Gasteiger partial charge >= 0.3 is 0 Å². The molecule has 3 aromatic heterocycles. The monoisotopic (exact) mass is 469 g/mol. The van der Waals surface area contributed by atoms with E-state index in [1.165, 1.54) is 16.8 Å². The van der Waals surface area contributed by atoms with E-state index in [9.17, 15) is 4.79 Å². The van der Waals surface area contributed by atoms with Crippen LogP contribution in [0.3, 0.4) is 0 Å². The van der Waals surface area contributed by atoms with Gasteiger partial charge in [-0.1, -0.05) is 0 Å². The zero-order valence-corrected chi connectivity index (χ0v) is 20.5. The largest absolute Gasteiger partial charge is 0.369 e. The van der Waals surface area contributed by atoms with Crippen molar-refractivity contribution >= 4 is 16.7 Å². The molecule has 0 saturated carbocycles. The van der Waals surface area contributed by atoms with E-state index in [-0.39, 0.29) is 11.6 Å². The highest BCUT2D eigenvalue weighted by Crippen LogP contribution is 2.34. The number of pyridine rings is 1. The van der Waals surface area contributed by atoms with Gasteiger partial charge in [0.1, 0.15) is 0 Å². The van der Waals surface area contributed by atoms with Crippen molar-refractivity contribution in [3.8, 4) is 22.4 Å². The van der Waals surface area contributed by atoms with Gasteiger partial charge in [-0.3, -0.25) is 4.79 Å². The number of H-pyrrole nitrogens is 1. The predicted molar refractivity (Wildman–Crippen MR) is 140 cm³/mol. The Bertz CT molecular complexity index is 1470. The summed E-state index contributed by atoms with van der Waals surface area (Å²) in [6.45, 7) is 9.29. The number of fused-ring (bicyclic) bond motifs is 2. The summed E-state index contributed by atoms with van der Waals surface area (Å²) in [4.78, 5) is 20.8. The molecule has 35 heavy (non-hydrogen) atoms. The number of nitrogens with one attached hydrogen (secondary N) is 1. The molecule has 2 aliphatic rings. The molecular weight excluding hydrogens is 438 g/mol. The van der Waals surface area contributed by atoms with Crippen LogP contribution in [-0.4, -0.2) is 57.9 Å². The fourth-order valence-electron chi connectivity index (χ4n) is 5.67. The molecule has 1 unspecified atom stereocenters. The molecule has 0 aliphatic carbocycles. The lowest BCUT2D eigenvalue weighted by atomic mass is 9.99. The zero-order valence-electron chi connectivity index (χ0n) is 20.5. The fourth-order valence-corrected chi connectivity index (χ4v) is 5.67. The minimum Gasteiger partial charge on any atom is -0.369 e. The van der Waals surface area contributed by atoms with Crippen molar-refractivity contribution in [1.82, 2.24) is 24.6 Å². The second-order valence-electron chi connectivity index (χ2n) is 10.00. The highest BCUT2D eigenvalue weighted by atomic mass is 16.1. The number of benzene rings is 1. The van der Waals surface area contributed by atoms with Crippen LogP contribution in [0.25, 0.3) is 33.4 Å². The van der Waals surface area contributed by atoms with E-state index in [0.717, 1.165) is 66.1 Å². The molecule has 8 nitrogen and oxygen atoms in total. The summed E-state index contributed by atoms with van der Waals surface area (Å²) in [6.07, 6.45) is 2.70. The van der Waals surface area contributed by atoms with E-state index in [0.29, 0.717) is 12.2 Å². The number of nitrogens with zero attached hydrogens (tertiary/aromatic N) is 5. The summed E-state index contributed by atoms with van der Waals surface area (Å²) in [5.41, 5.74) is 15.4. The Labute approximate surface area is 204 Å². The van der Waals surface area contributed by atoms with Gasteiger partial charge in [-0.05, 0) is 68.3 Å². The van der Waals surface area contributed by atoms with Gasteiger partial charge < -0.3 is 25.1 Å². The molecule has 0 spiro atoms. The average Bonchev–Trinajstić information content (AvgIpc) is 3.43. The summed E-state index contributed by atoms with van der Waals surface area (Å²) in [6, 6.07) is 10.1. The molecule has 180 valence electrons. The zero-order chi connectivity index (χ0) is 24.3. The third-order valence-corrected chi connectivity index (χ3v) is 7.56. The van der Waals surface area contributed by atoms with Crippen LogP contribution in [-0.2, 0) is 6.54 Å². The highest BCUT2D eigenvalue weighted by Gasteiger charge is 2.22. The van der Waals surface area contributed by atoms with Gasteiger partial charge in [0.05, 0.1) is 5.69 Å². The maximum atomic E-state index is 12.7. The van der Waals surface area contributed by atoms with Crippen LogP contribution in [0, 0.1) is 13.8 Å². The Morgan fingerprint density at radius 1 is 0.943 bits per heavy atom. The third kappa shape index (κ3) is 3.73. The molecule has 6 rings (SSSR count). The Morgan fingerprint density at radius 3 is 2.43 bits per heavy atom. The Hall–Kier alpha value is -3.49. The summed E-state index contributed by atoms with van der Waals surface area (Å²) in [5, 5.41) is 9.93. The van der Waals surface area contributed by atoms with E-state index < -0.39 is 0 Å². The SMILES string of the molecule is Cc1cc(-c2cc3c(-c4cc5n(c(=O)c4)CCC5N)c[nH]c3nn2)cc(C)c1N1CCN(C)CC1. The van der Waals surface area contributed by atoms with Gasteiger partial charge in [0.2, 0.25) is 0 Å². The first-order valence-corrected chi connectivity index (χ1v) is 12.3. The molecule has 4 aromatic rings. The lowest BCUT2D eigenvalue weighted by molar-refractivity contribution is 0.312. The third-order valence-electron chi connectivity index (χ3n) is 7.56. The normalized spacial score (nSPS) is 18.4. The van der Waals surface area contributed by atoms with Gasteiger partial charge in [0.15, 0.2) is 5.65 Å². The van der Waals surface area contributed by atoms with E-state index in [4.69, 9.17) is 5.73 Å². The van der Waals surface area contributed by atoms with E-state index in [1.54, 1.807) is 10.6 Å². The van der Waals surface area contributed by atoms with Crippen LogP contribution in [0.15, 0.2) is 41.3 Å². The van der Waals surface area contributed by atoms with Gasteiger partial charge in [-0.2, -0.15) is 0 Å². The summed E-state index contributed by atoms with van der Waals surface area (Å²) in [7, 11) is 2.18. The molecule has 3 N–H and O–H groups in total. The van der Waals surface area contributed by atoms with Crippen molar-refractivity contribution in [2.75, 3.05) is 38.1 Å². The van der Waals surface area contributed by atoms with Crippen molar-refractivity contribution in [2.24, 2.45) is 5.73 Å². The molecule has 0 radical (unpaired) electrons. The standard InChI is InChI=1S/C27H31N7O/c1-16-10-19(11-17(2)26(16)33-8-6-32(3)7-9-33)23-14-20-21(15-29-27(20)31-30-23)18-12-24-22(28)4-5-34(24)25(35)13-18/h10-15,22H,4-9,28H2,1-3H3,(H,29,31). The second-order valence-corrected chi connectivity index (χ2v) is 10.00. The van der Waals surface area contributed by atoms with Crippen LogP contribution in [0.1, 0.15) is 29.3 Å². The lowest BCUT2D eigenvalue weighted by Crippen LogP contribution is -2.45. The molecule has 1 fully saturated rings. The van der Waals surface area contributed by atoms with Crippen molar-refractivity contribution < 1.29 is 0 Å². The molecule has 0 bridgehead atoms. The van der Waals surface area contributed by atoms with Crippen LogP contribution in [0.5, 0.6) is 0 Å². The quantitative estimate of drug-likeness (QED) is 0.478. The molecular formula is C27H31N7O. The molecule has 5 heterocycles. The van der Waals surface area contributed by atoms with Crippen LogP contribution in [0.4, 0.5) is 5.69 Å². The smallest absolute Gasteiger partial charge is 0.251 e. The van der Waals surface area contributed by atoms with Crippen molar-refractivity contribution in [3.05, 3.63) is 63.7 Å². The number of hydrogen-bond donors (Lipinski definition) is 2. The molecule has 8 heteroatoms. The number of anilines is 1. The maximum Gasteiger partial charge on any atom is 0.251 e. The Morgan fingerprint density at radius 2 is 1.69 bits per heavy atom. The second kappa shape index (κ2) is 8.32. The number of piperazine rings is 1. The maximum absolute atomic E-state index is 12.7. The number of aromatic nitrogens is 4. The van der Waals surface area contributed by atoms with Gasteiger partial charge in [-0.25, -0.2) is 0 Å². The number of rotatable bonds is 3. The minimum absolute atomic E-state index is 0.00668. The summed E-state index contributed by atoms with van der Waals surface area (Å²) < 4.78 is 1.78. The molecule has 1 aromatic carbocycles. The summed E-state index contributed by atoms with van der Waals surface area (Å²) in [5.74, 6) is 0. The highest BCUT2D eigenvalue weighted by molar-refractivity contribution is 5.95. The topological polar surface area (TPSA) is 96.1 Å². The lowest BCUT2D eigenvalue weighted by Gasteiger charge is -2.36. The van der Waals surface area contributed by atoms with Gasteiger partial charge in [0.25, 0.3) is 5.56 Å². The minimum atomic E-state index is -0.104. The van der Waals surface area contributed by atoms with Gasteiger partial charge in [-0.15, -0.1) is 10.2 Å². The first-order valence-electron chi connectivity index (χ1n) is 12.3. The summed E-state index contributed by atoms with van der Waals surface area (Å²) >= 11 is 0. The number of likely N-dealkylation sites (N-methyl/N-ethyl adjacent to an activating group) is 1. The van der Waals surface area contributed by atoms with E-state index in [1.807, 2.05) is 12.3 Å². The Balaban J connectivity index is 1.40. The fraction of sp³-hybridized carbons (Fsp3) is 0.370. The van der Waals surface area contributed by atoms with Gasteiger partial charge in [0, 0.05) is 78.9 Å². The molecule has 0 amide bonds. The molecule has 2 aliphatic heterocycles. The van der Waals surface area contributed by atoms with Crippen molar-refractivity contribution in [2.45, 2.75) is 32.9 Å². The Kier molecular flexibility index (Phi) is 5.23. The van der Waals surface area contributed by atoms with Crippen molar-refractivity contribution in [3.63, 3.8) is 0 Å². The number of nitrogens with two attached hydrogens (primary N) is 1. The van der Waals surface area contributed by atoms with Crippen LogP contribution >= 0.6 is 0 Å².